The lowest BCUT2D eigenvalue weighted by molar-refractivity contribution is 0.630. The van der Waals surface area contributed by atoms with Crippen molar-refractivity contribution in [3.63, 3.8) is 0 Å². The Kier molecular flexibility index (Phi) is 2.57. The minimum Gasteiger partial charge on any atom is -0.368 e. The van der Waals surface area contributed by atoms with Gasteiger partial charge in [-0.1, -0.05) is 17.7 Å². The molecular formula is C9H6ClFN4O. The van der Waals surface area contributed by atoms with Crippen molar-refractivity contribution in [2.24, 2.45) is 0 Å². The molecule has 5 nitrogen and oxygen atoms in total. The van der Waals surface area contributed by atoms with Gasteiger partial charge in [-0.2, -0.15) is 9.97 Å². The summed E-state index contributed by atoms with van der Waals surface area (Å²) >= 11 is 5.81. The fourth-order valence-electron chi connectivity index (χ4n) is 1.24. The van der Waals surface area contributed by atoms with Crippen LogP contribution in [0.4, 0.5) is 10.3 Å². The van der Waals surface area contributed by atoms with Gasteiger partial charge in [0, 0.05) is 0 Å². The van der Waals surface area contributed by atoms with E-state index < -0.39 is 11.5 Å². The first-order valence-electron chi connectivity index (χ1n) is 4.26. The van der Waals surface area contributed by atoms with Crippen LogP contribution in [0.5, 0.6) is 0 Å². The van der Waals surface area contributed by atoms with Crippen molar-refractivity contribution >= 4 is 17.5 Å². The fraction of sp³-hybridized carbons (Fsp3) is 0. The zero-order chi connectivity index (χ0) is 11.7. The number of nitrogens with one attached hydrogen (secondary N) is 1. The van der Waals surface area contributed by atoms with Crippen LogP contribution in [0.25, 0.3) is 11.4 Å². The van der Waals surface area contributed by atoms with Crippen molar-refractivity contribution in [3.8, 4) is 11.4 Å². The van der Waals surface area contributed by atoms with Crippen LogP contribution >= 0.6 is 11.6 Å². The smallest absolute Gasteiger partial charge is 0.349 e. The molecule has 0 unspecified atom stereocenters. The molecule has 0 aliphatic rings. The molecule has 0 saturated heterocycles. The number of aromatic nitrogens is 3. The van der Waals surface area contributed by atoms with Crippen molar-refractivity contribution in [1.82, 2.24) is 15.0 Å². The highest BCUT2D eigenvalue weighted by molar-refractivity contribution is 6.33. The third kappa shape index (κ3) is 1.87. The minimum atomic E-state index is -0.707. The van der Waals surface area contributed by atoms with E-state index in [1.807, 2.05) is 0 Å². The largest absolute Gasteiger partial charge is 0.368 e. The second kappa shape index (κ2) is 3.90. The predicted octanol–water partition coefficient (Wildman–Crippen LogP) is 1.21. The van der Waals surface area contributed by atoms with E-state index in [1.165, 1.54) is 18.2 Å². The minimum absolute atomic E-state index is 0.00429. The highest BCUT2D eigenvalue weighted by Gasteiger charge is 2.12. The van der Waals surface area contributed by atoms with Crippen LogP contribution in [-0.4, -0.2) is 15.0 Å². The first-order valence-corrected chi connectivity index (χ1v) is 4.64. The molecule has 16 heavy (non-hydrogen) atoms. The van der Waals surface area contributed by atoms with Gasteiger partial charge in [-0.25, -0.2) is 9.18 Å². The SMILES string of the molecule is Nc1nc(-c2c(F)cccc2Cl)[nH]c(=O)n1. The predicted molar refractivity (Wildman–Crippen MR) is 57.5 cm³/mol. The molecule has 0 fully saturated rings. The number of halogens is 2. The van der Waals surface area contributed by atoms with Crippen LogP contribution < -0.4 is 11.4 Å². The number of nitrogens with zero attached hydrogens (tertiary/aromatic N) is 2. The number of nitrogen functional groups attached to an aromatic ring is 1. The number of rotatable bonds is 1. The molecule has 0 amide bonds. The zero-order valence-electron chi connectivity index (χ0n) is 7.87. The van der Waals surface area contributed by atoms with E-state index in [0.29, 0.717) is 0 Å². The lowest BCUT2D eigenvalue weighted by atomic mass is 10.2. The van der Waals surface area contributed by atoms with Crippen molar-refractivity contribution in [1.29, 1.82) is 0 Å². The first kappa shape index (κ1) is 10.6. The van der Waals surface area contributed by atoms with Gasteiger partial charge in [-0.05, 0) is 12.1 Å². The topological polar surface area (TPSA) is 84.7 Å². The molecule has 0 spiro atoms. The molecule has 0 radical (unpaired) electrons. The summed E-state index contributed by atoms with van der Waals surface area (Å²) in [6.07, 6.45) is 0. The summed E-state index contributed by atoms with van der Waals surface area (Å²) in [5.41, 5.74) is 4.58. The third-order valence-electron chi connectivity index (χ3n) is 1.87. The number of aromatic amines is 1. The van der Waals surface area contributed by atoms with Crippen LogP contribution in [-0.2, 0) is 0 Å². The Bertz CT molecular complexity index is 578. The van der Waals surface area contributed by atoms with Crippen molar-refractivity contribution in [2.75, 3.05) is 5.73 Å². The summed E-state index contributed by atoms with van der Waals surface area (Å²) in [7, 11) is 0. The monoisotopic (exact) mass is 240 g/mol. The number of anilines is 1. The van der Waals surface area contributed by atoms with Gasteiger partial charge < -0.3 is 5.73 Å². The Labute approximate surface area is 94.1 Å². The maximum absolute atomic E-state index is 13.5. The second-order valence-electron chi connectivity index (χ2n) is 2.96. The van der Waals surface area contributed by atoms with E-state index in [2.05, 4.69) is 15.0 Å². The van der Waals surface area contributed by atoms with Gasteiger partial charge in [0.2, 0.25) is 5.95 Å². The Morgan fingerprint density at radius 1 is 1.38 bits per heavy atom. The molecule has 7 heteroatoms. The van der Waals surface area contributed by atoms with Crippen LogP contribution in [0.2, 0.25) is 5.02 Å². The molecule has 0 saturated carbocycles. The number of hydrogen-bond acceptors (Lipinski definition) is 4. The highest BCUT2D eigenvalue weighted by atomic mass is 35.5. The Morgan fingerprint density at radius 2 is 2.12 bits per heavy atom. The van der Waals surface area contributed by atoms with E-state index in [4.69, 9.17) is 17.3 Å². The summed E-state index contributed by atoms with van der Waals surface area (Å²) in [4.78, 5) is 20.3. The molecular weight excluding hydrogens is 235 g/mol. The van der Waals surface area contributed by atoms with E-state index >= 15 is 0 Å². The van der Waals surface area contributed by atoms with E-state index in [0.717, 1.165) is 0 Å². The van der Waals surface area contributed by atoms with Gasteiger partial charge in [0.05, 0.1) is 10.6 Å². The maximum atomic E-state index is 13.5. The number of benzene rings is 1. The van der Waals surface area contributed by atoms with E-state index in [1.54, 1.807) is 0 Å². The van der Waals surface area contributed by atoms with Crippen LogP contribution in [0.15, 0.2) is 23.0 Å². The first-order chi connectivity index (χ1) is 7.58. The standard InChI is InChI=1S/C9H6ClFN4O/c10-4-2-1-3-5(11)6(4)7-13-8(12)15-9(16)14-7/h1-3H,(H3,12,13,14,15,16). The quantitative estimate of drug-likeness (QED) is 0.785. The van der Waals surface area contributed by atoms with Crippen molar-refractivity contribution < 1.29 is 4.39 Å². The second-order valence-corrected chi connectivity index (χ2v) is 3.36. The molecule has 1 aromatic heterocycles. The van der Waals surface area contributed by atoms with Crippen molar-refractivity contribution in [3.05, 3.63) is 39.5 Å². The normalized spacial score (nSPS) is 10.4. The van der Waals surface area contributed by atoms with Crippen LogP contribution in [0, 0.1) is 5.82 Å². The Hall–Kier alpha value is -1.95. The lowest BCUT2D eigenvalue weighted by Crippen LogP contribution is -2.16. The van der Waals surface area contributed by atoms with Gasteiger partial charge >= 0.3 is 5.69 Å². The number of H-pyrrole nitrogens is 1. The summed E-state index contributed by atoms with van der Waals surface area (Å²) in [5, 5.41) is 0.133. The van der Waals surface area contributed by atoms with Gasteiger partial charge in [0.1, 0.15) is 11.6 Å². The average molecular weight is 241 g/mol. The van der Waals surface area contributed by atoms with Gasteiger partial charge in [0.15, 0.2) is 0 Å². The molecule has 0 aliphatic carbocycles. The fourth-order valence-corrected chi connectivity index (χ4v) is 1.50. The summed E-state index contributed by atoms with van der Waals surface area (Å²) in [6.45, 7) is 0. The molecule has 0 aliphatic heterocycles. The maximum Gasteiger partial charge on any atom is 0.349 e. The summed E-state index contributed by atoms with van der Waals surface area (Å²) < 4.78 is 13.5. The molecule has 0 bridgehead atoms. The molecule has 0 atom stereocenters. The van der Waals surface area contributed by atoms with Gasteiger partial charge in [0.25, 0.3) is 0 Å². The highest BCUT2D eigenvalue weighted by Crippen LogP contribution is 2.27. The lowest BCUT2D eigenvalue weighted by Gasteiger charge is -2.04. The molecule has 82 valence electrons. The summed E-state index contributed by atoms with van der Waals surface area (Å²) in [5.74, 6) is -0.875. The van der Waals surface area contributed by atoms with Crippen molar-refractivity contribution in [2.45, 2.75) is 0 Å². The van der Waals surface area contributed by atoms with E-state index in [-0.39, 0.29) is 22.4 Å². The van der Waals surface area contributed by atoms with Crippen LogP contribution in [0.1, 0.15) is 0 Å². The van der Waals surface area contributed by atoms with E-state index in [9.17, 15) is 9.18 Å². The molecule has 1 heterocycles. The van der Waals surface area contributed by atoms with Crippen LogP contribution in [0.3, 0.4) is 0 Å². The van der Waals surface area contributed by atoms with Gasteiger partial charge in [-0.15, -0.1) is 0 Å². The molecule has 3 N–H and O–H groups in total. The average Bonchev–Trinajstić information content (AvgIpc) is 2.15. The molecule has 2 aromatic rings. The Morgan fingerprint density at radius 3 is 2.75 bits per heavy atom. The number of nitrogens with two attached hydrogens (primary N) is 1. The van der Waals surface area contributed by atoms with Gasteiger partial charge in [-0.3, -0.25) is 4.98 Å². The Balaban J connectivity index is 2.72. The molecule has 2 rings (SSSR count). The zero-order valence-corrected chi connectivity index (χ0v) is 8.62. The third-order valence-corrected chi connectivity index (χ3v) is 2.18. The summed E-state index contributed by atoms with van der Waals surface area (Å²) in [6, 6.07) is 4.14. The number of hydrogen-bond donors (Lipinski definition) is 2. The molecule has 1 aromatic carbocycles.